The SMILES string of the molecule is CCN1CCCC1=O.CCN=Cc1cc([N+](=O)[O-])ccc1O. The van der Waals surface area contributed by atoms with Gasteiger partial charge >= 0.3 is 0 Å². The van der Waals surface area contributed by atoms with Crippen molar-refractivity contribution in [3.05, 3.63) is 33.9 Å². The van der Waals surface area contributed by atoms with Crippen LogP contribution in [0.5, 0.6) is 5.75 Å². The summed E-state index contributed by atoms with van der Waals surface area (Å²) in [6.07, 6.45) is 3.25. The van der Waals surface area contributed by atoms with Gasteiger partial charge in [0, 0.05) is 50.0 Å². The van der Waals surface area contributed by atoms with E-state index in [4.69, 9.17) is 0 Å². The first-order valence-corrected chi connectivity index (χ1v) is 7.24. The van der Waals surface area contributed by atoms with E-state index in [1.807, 2.05) is 18.7 Å². The largest absolute Gasteiger partial charge is 0.507 e. The average molecular weight is 307 g/mol. The maximum atomic E-state index is 10.7. The van der Waals surface area contributed by atoms with Crippen LogP contribution in [0, 0.1) is 10.1 Å². The molecule has 1 N–H and O–H groups in total. The lowest BCUT2D eigenvalue weighted by atomic mass is 10.2. The van der Waals surface area contributed by atoms with Crippen molar-refractivity contribution in [1.82, 2.24) is 4.90 Å². The Bertz CT molecular complexity index is 558. The Kier molecular flexibility index (Phi) is 7.01. The minimum atomic E-state index is -0.511. The first-order valence-electron chi connectivity index (χ1n) is 7.24. The molecule has 0 aromatic heterocycles. The van der Waals surface area contributed by atoms with Gasteiger partial charge in [0.2, 0.25) is 5.91 Å². The van der Waals surface area contributed by atoms with E-state index in [2.05, 4.69) is 4.99 Å². The molecule has 120 valence electrons. The van der Waals surface area contributed by atoms with Gasteiger partial charge in [-0.2, -0.15) is 0 Å². The van der Waals surface area contributed by atoms with Gasteiger partial charge < -0.3 is 10.0 Å². The van der Waals surface area contributed by atoms with Gasteiger partial charge in [-0.3, -0.25) is 19.9 Å². The number of amides is 1. The van der Waals surface area contributed by atoms with Gasteiger partial charge in [-0.15, -0.1) is 0 Å². The van der Waals surface area contributed by atoms with Crippen molar-refractivity contribution in [1.29, 1.82) is 0 Å². The van der Waals surface area contributed by atoms with E-state index in [1.165, 1.54) is 24.4 Å². The summed E-state index contributed by atoms with van der Waals surface area (Å²) in [5.41, 5.74) is 0.307. The molecule has 1 saturated heterocycles. The topological polar surface area (TPSA) is 96.0 Å². The van der Waals surface area contributed by atoms with Gasteiger partial charge in [0.05, 0.1) is 4.92 Å². The molecule has 0 radical (unpaired) electrons. The molecule has 0 aliphatic carbocycles. The number of nitro benzene ring substituents is 1. The maximum Gasteiger partial charge on any atom is 0.270 e. The Morgan fingerprint density at radius 2 is 2.18 bits per heavy atom. The number of carbonyl (C=O) groups is 1. The highest BCUT2D eigenvalue weighted by atomic mass is 16.6. The molecular formula is C15H21N3O4. The monoisotopic (exact) mass is 307 g/mol. The molecule has 1 amide bonds. The number of hydrogen-bond donors (Lipinski definition) is 1. The highest BCUT2D eigenvalue weighted by Crippen LogP contribution is 2.21. The molecule has 1 fully saturated rings. The lowest BCUT2D eigenvalue weighted by Gasteiger charge is -2.10. The van der Waals surface area contributed by atoms with Crippen LogP contribution in [0.2, 0.25) is 0 Å². The van der Waals surface area contributed by atoms with E-state index in [9.17, 15) is 20.0 Å². The Balaban J connectivity index is 0.000000255. The fourth-order valence-electron chi connectivity index (χ4n) is 1.99. The Hall–Kier alpha value is -2.44. The number of hydrogen-bond acceptors (Lipinski definition) is 5. The van der Waals surface area contributed by atoms with E-state index in [0.29, 0.717) is 18.0 Å². The normalized spacial score (nSPS) is 14.1. The van der Waals surface area contributed by atoms with Crippen molar-refractivity contribution < 1.29 is 14.8 Å². The second kappa shape index (κ2) is 8.76. The summed E-state index contributed by atoms with van der Waals surface area (Å²) in [6.45, 7) is 6.30. The second-order valence-electron chi connectivity index (χ2n) is 4.71. The third-order valence-electron chi connectivity index (χ3n) is 3.19. The number of rotatable bonds is 4. The van der Waals surface area contributed by atoms with Crippen molar-refractivity contribution in [3.63, 3.8) is 0 Å². The Labute approximate surface area is 129 Å². The number of nitro groups is 1. The zero-order chi connectivity index (χ0) is 16.5. The number of aromatic hydroxyl groups is 1. The number of non-ortho nitro benzene ring substituents is 1. The number of likely N-dealkylation sites (tertiary alicyclic amines) is 1. The zero-order valence-corrected chi connectivity index (χ0v) is 12.9. The minimum Gasteiger partial charge on any atom is -0.507 e. The summed E-state index contributed by atoms with van der Waals surface area (Å²) in [6, 6.07) is 3.82. The summed E-state index contributed by atoms with van der Waals surface area (Å²) in [5.74, 6) is 0.320. The third-order valence-corrected chi connectivity index (χ3v) is 3.19. The van der Waals surface area contributed by atoms with Gasteiger partial charge in [0.25, 0.3) is 5.69 Å². The van der Waals surface area contributed by atoms with Gasteiger partial charge in [-0.1, -0.05) is 0 Å². The van der Waals surface area contributed by atoms with E-state index in [0.717, 1.165) is 25.9 Å². The molecule has 0 spiro atoms. The fourth-order valence-corrected chi connectivity index (χ4v) is 1.99. The zero-order valence-electron chi connectivity index (χ0n) is 12.9. The fraction of sp³-hybridized carbons (Fsp3) is 0.467. The van der Waals surface area contributed by atoms with Gasteiger partial charge in [-0.25, -0.2) is 0 Å². The van der Waals surface area contributed by atoms with E-state index in [1.54, 1.807) is 0 Å². The molecule has 1 aromatic carbocycles. The molecular weight excluding hydrogens is 286 g/mol. The minimum absolute atomic E-state index is 0.00667. The van der Waals surface area contributed by atoms with E-state index < -0.39 is 4.92 Å². The third kappa shape index (κ3) is 5.16. The van der Waals surface area contributed by atoms with Gasteiger partial charge in [0.15, 0.2) is 0 Å². The quantitative estimate of drug-likeness (QED) is 0.524. The highest BCUT2D eigenvalue weighted by Gasteiger charge is 2.16. The van der Waals surface area contributed by atoms with E-state index >= 15 is 0 Å². The molecule has 22 heavy (non-hydrogen) atoms. The second-order valence-corrected chi connectivity index (χ2v) is 4.71. The summed E-state index contributed by atoms with van der Waals surface area (Å²) < 4.78 is 0. The van der Waals surface area contributed by atoms with Gasteiger partial charge in [-0.05, 0) is 26.3 Å². The lowest BCUT2D eigenvalue weighted by Crippen LogP contribution is -2.23. The van der Waals surface area contributed by atoms with Crippen LogP contribution in [0.1, 0.15) is 32.3 Å². The maximum absolute atomic E-state index is 10.7. The average Bonchev–Trinajstić information content (AvgIpc) is 2.92. The number of aliphatic imine (C=N–C) groups is 1. The lowest BCUT2D eigenvalue weighted by molar-refractivity contribution is -0.384. The van der Waals surface area contributed by atoms with Crippen LogP contribution in [-0.2, 0) is 4.79 Å². The summed E-state index contributed by atoms with van der Waals surface area (Å²) in [5, 5.41) is 19.7. The van der Waals surface area contributed by atoms with Crippen LogP contribution in [0.4, 0.5) is 5.69 Å². The molecule has 1 aliphatic rings. The smallest absolute Gasteiger partial charge is 0.270 e. The van der Waals surface area contributed by atoms with Crippen molar-refractivity contribution in [3.8, 4) is 5.75 Å². The van der Waals surface area contributed by atoms with Crippen LogP contribution in [0.15, 0.2) is 23.2 Å². The van der Waals surface area contributed by atoms with Crippen LogP contribution in [0.25, 0.3) is 0 Å². The first kappa shape index (κ1) is 17.6. The van der Waals surface area contributed by atoms with Crippen molar-refractivity contribution in [2.75, 3.05) is 19.6 Å². The molecule has 1 aromatic rings. The molecule has 7 heteroatoms. The molecule has 1 heterocycles. The van der Waals surface area contributed by atoms with Crippen LogP contribution in [-0.4, -0.2) is 46.7 Å². The molecule has 7 nitrogen and oxygen atoms in total. The van der Waals surface area contributed by atoms with Crippen molar-refractivity contribution in [2.24, 2.45) is 4.99 Å². The summed E-state index contributed by atoms with van der Waals surface area (Å²) >= 11 is 0. The number of phenols is 1. The standard InChI is InChI=1S/C9H10N2O3.C6H11NO/c1-2-10-6-7-5-8(11(13)14)3-4-9(7)12;1-2-7-5-3-4-6(7)8/h3-6,12H,2H2,1H3;2-5H2,1H3. The van der Waals surface area contributed by atoms with Crippen LogP contribution in [0.3, 0.4) is 0 Å². The predicted octanol–water partition coefficient (Wildman–Crippen LogP) is 2.37. The molecule has 2 rings (SSSR count). The molecule has 1 aliphatic heterocycles. The van der Waals surface area contributed by atoms with Crippen molar-refractivity contribution >= 4 is 17.8 Å². The highest BCUT2D eigenvalue weighted by molar-refractivity contribution is 5.84. The van der Waals surface area contributed by atoms with Crippen LogP contribution < -0.4 is 0 Å². The summed E-state index contributed by atoms with van der Waals surface area (Å²) in [4.78, 5) is 26.4. The Morgan fingerprint density at radius 3 is 2.64 bits per heavy atom. The number of carbonyl (C=O) groups excluding carboxylic acids is 1. The number of nitrogens with zero attached hydrogens (tertiary/aromatic N) is 3. The van der Waals surface area contributed by atoms with Crippen LogP contribution >= 0.6 is 0 Å². The number of phenolic OH excluding ortho intramolecular Hbond substituents is 1. The Morgan fingerprint density at radius 1 is 1.45 bits per heavy atom. The predicted molar refractivity (Wildman–Crippen MR) is 84.4 cm³/mol. The molecule has 0 bridgehead atoms. The first-order chi connectivity index (χ1) is 10.5. The van der Waals surface area contributed by atoms with Gasteiger partial charge in [0.1, 0.15) is 5.75 Å². The molecule has 0 atom stereocenters. The van der Waals surface area contributed by atoms with Crippen molar-refractivity contribution in [2.45, 2.75) is 26.7 Å². The number of benzene rings is 1. The molecule has 0 saturated carbocycles. The summed E-state index contributed by atoms with van der Waals surface area (Å²) in [7, 11) is 0. The van der Waals surface area contributed by atoms with E-state index in [-0.39, 0.29) is 11.4 Å². The molecule has 0 unspecified atom stereocenters.